The third kappa shape index (κ3) is 3.35. The van der Waals surface area contributed by atoms with Gasteiger partial charge < -0.3 is 10.6 Å². The van der Waals surface area contributed by atoms with Gasteiger partial charge in [-0.2, -0.15) is 0 Å². The van der Waals surface area contributed by atoms with Crippen LogP contribution in [-0.2, 0) is 6.54 Å². The summed E-state index contributed by atoms with van der Waals surface area (Å²) >= 11 is 0. The number of likely N-dealkylation sites (tertiary alicyclic amines) is 1. The van der Waals surface area contributed by atoms with Crippen molar-refractivity contribution in [1.82, 2.24) is 10.2 Å². The number of hydrogen-bond acceptors (Lipinski definition) is 5. The second-order valence-electron chi connectivity index (χ2n) is 7.02. The predicted octanol–water partition coefficient (Wildman–Crippen LogP) is 2.88. The molecule has 2 aromatic rings. The first-order valence-corrected chi connectivity index (χ1v) is 8.81. The summed E-state index contributed by atoms with van der Waals surface area (Å²) < 4.78 is 13.9. The van der Waals surface area contributed by atoms with Crippen LogP contribution in [0.2, 0.25) is 0 Å². The second-order valence-corrected chi connectivity index (χ2v) is 7.02. The molecule has 8 heteroatoms. The molecule has 1 saturated heterocycles. The Kier molecular flexibility index (Phi) is 4.27. The summed E-state index contributed by atoms with van der Waals surface area (Å²) in [6.45, 7) is 2.18. The third-order valence-corrected chi connectivity index (χ3v) is 5.23. The molecule has 0 bridgehead atoms. The number of nitro benzene ring substituents is 1. The second kappa shape index (κ2) is 6.62. The van der Waals surface area contributed by atoms with E-state index in [1.54, 1.807) is 24.3 Å². The molecule has 27 heavy (non-hydrogen) atoms. The number of anilines is 1. The topological polar surface area (TPSA) is 87.5 Å². The third-order valence-electron chi connectivity index (χ3n) is 5.23. The Morgan fingerprint density at radius 3 is 2.48 bits per heavy atom. The molecule has 2 aliphatic rings. The van der Waals surface area contributed by atoms with E-state index in [1.807, 2.05) is 0 Å². The van der Waals surface area contributed by atoms with Gasteiger partial charge in [0.15, 0.2) is 0 Å². The zero-order valence-electron chi connectivity index (χ0n) is 14.6. The van der Waals surface area contributed by atoms with Crippen molar-refractivity contribution in [1.29, 1.82) is 0 Å². The van der Waals surface area contributed by atoms with Crippen molar-refractivity contribution in [3.8, 4) is 0 Å². The Morgan fingerprint density at radius 1 is 1.11 bits per heavy atom. The number of halogens is 1. The van der Waals surface area contributed by atoms with E-state index in [9.17, 15) is 19.3 Å². The summed E-state index contributed by atoms with van der Waals surface area (Å²) in [7, 11) is 0. The number of carbonyl (C=O) groups excluding carboxylic acids is 1. The molecule has 2 heterocycles. The van der Waals surface area contributed by atoms with Gasteiger partial charge in [-0.25, -0.2) is 4.39 Å². The molecule has 0 radical (unpaired) electrons. The van der Waals surface area contributed by atoms with Gasteiger partial charge in [0, 0.05) is 44.6 Å². The van der Waals surface area contributed by atoms with Crippen molar-refractivity contribution < 1.29 is 14.1 Å². The zero-order chi connectivity index (χ0) is 19.0. The van der Waals surface area contributed by atoms with Crippen LogP contribution in [0.1, 0.15) is 28.8 Å². The highest BCUT2D eigenvalue weighted by molar-refractivity contribution is 6.02. The molecule has 140 valence electrons. The molecule has 0 aromatic heterocycles. The number of nitrogens with one attached hydrogen (secondary N) is 2. The first-order chi connectivity index (χ1) is 13.0. The predicted molar refractivity (Wildman–Crippen MR) is 97.8 cm³/mol. The molecule has 2 aromatic carbocycles. The van der Waals surface area contributed by atoms with Gasteiger partial charge in [0.05, 0.1) is 16.2 Å². The normalized spacial score (nSPS) is 18.5. The fraction of sp³-hybridized carbons (Fsp3) is 0.316. The summed E-state index contributed by atoms with van der Waals surface area (Å²) in [5.74, 6) is -0.909. The standard InChI is InChI=1S/C19H19FN4O3/c20-15-2-1-3-16-17(15)18(25)22-19(21-16)8-10-23(11-9-19)12-13-4-6-14(7-5-13)24(26)27/h1-7,21H,8-12H2,(H,22,25). The van der Waals surface area contributed by atoms with Gasteiger partial charge in [-0.05, 0) is 17.7 Å². The molecule has 2 N–H and O–H groups in total. The van der Waals surface area contributed by atoms with Crippen molar-refractivity contribution in [3.63, 3.8) is 0 Å². The lowest BCUT2D eigenvalue weighted by molar-refractivity contribution is -0.384. The van der Waals surface area contributed by atoms with Crippen LogP contribution in [0, 0.1) is 15.9 Å². The minimum absolute atomic E-state index is 0.0661. The fourth-order valence-corrected chi connectivity index (χ4v) is 3.75. The van der Waals surface area contributed by atoms with Crippen molar-refractivity contribution in [2.24, 2.45) is 0 Å². The van der Waals surface area contributed by atoms with Gasteiger partial charge in [-0.1, -0.05) is 18.2 Å². The van der Waals surface area contributed by atoms with Crippen LogP contribution < -0.4 is 10.6 Å². The molecule has 1 spiro atoms. The van der Waals surface area contributed by atoms with E-state index >= 15 is 0 Å². The number of benzene rings is 2. The Hall–Kier alpha value is -3.00. The average Bonchev–Trinajstić information content (AvgIpc) is 2.64. The number of nitrogens with zero attached hydrogens (tertiary/aromatic N) is 2. The number of rotatable bonds is 3. The maximum atomic E-state index is 13.9. The molecular weight excluding hydrogens is 351 g/mol. The molecule has 0 aliphatic carbocycles. The first kappa shape index (κ1) is 17.4. The summed E-state index contributed by atoms with van der Waals surface area (Å²) in [6, 6.07) is 11.2. The van der Waals surface area contributed by atoms with E-state index in [0.717, 1.165) is 18.7 Å². The molecule has 0 saturated carbocycles. The Morgan fingerprint density at radius 2 is 1.81 bits per heavy atom. The maximum Gasteiger partial charge on any atom is 0.269 e. The number of fused-ring (bicyclic) bond motifs is 1. The van der Waals surface area contributed by atoms with Crippen LogP contribution in [0.4, 0.5) is 15.8 Å². The highest BCUT2D eigenvalue weighted by atomic mass is 19.1. The van der Waals surface area contributed by atoms with Gasteiger partial charge in [0.25, 0.3) is 11.6 Å². The molecule has 4 rings (SSSR count). The smallest absolute Gasteiger partial charge is 0.269 e. The lowest BCUT2D eigenvalue weighted by Crippen LogP contribution is -2.62. The van der Waals surface area contributed by atoms with E-state index in [0.29, 0.717) is 25.1 Å². The molecule has 2 aliphatic heterocycles. The number of amides is 1. The Labute approximate surface area is 155 Å². The Balaban J connectivity index is 1.42. The number of carbonyl (C=O) groups is 1. The number of piperidine rings is 1. The lowest BCUT2D eigenvalue weighted by atomic mass is 9.92. The molecule has 7 nitrogen and oxygen atoms in total. The summed E-state index contributed by atoms with van der Waals surface area (Å²) in [6.07, 6.45) is 1.36. The highest BCUT2D eigenvalue weighted by Gasteiger charge is 2.40. The van der Waals surface area contributed by atoms with E-state index in [4.69, 9.17) is 0 Å². The molecular formula is C19H19FN4O3. The van der Waals surface area contributed by atoms with Crippen LogP contribution in [0.15, 0.2) is 42.5 Å². The van der Waals surface area contributed by atoms with Crippen LogP contribution in [0.3, 0.4) is 0 Å². The van der Waals surface area contributed by atoms with Crippen molar-refractivity contribution in [2.45, 2.75) is 25.0 Å². The van der Waals surface area contributed by atoms with Gasteiger partial charge in [0.1, 0.15) is 11.5 Å². The van der Waals surface area contributed by atoms with E-state index in [-0.39, 0.29) is 17.2 Å². The fourth-order valence-electron chi connectivity index (χ4n) is 3.75. The summed E-state index contributed by atoms with van der Waals surface area (Å²) in [4.78, 5) is 24.9. The van der Waals surface area contributed by atoms with Gasteiger partial charge in [-0.3, -0.25) is 19.8 Å². The number of hydrogen-bond donors (Lipinski definition) is 2. The largest absolute Gasteiger partial charge is 0.362 e. The molecule has 1 fully saturated rings. The van der Waals surface area contributed by atoms with E-state index < -0.39 is 16.4 Å². The van der Waals surface area contributed by atoms with Crippen LogP contribution in [-0.4, -0.2) is 34.5 Å². The highest BCUT2D eigenvalue weighted by Crippen LogP contribution is 2.32. The SMILES string of the molecule is O=C1NC2(CCN(Cc3ccc([N+](=O)[O-])cc3)CC2)Nc2cccc(F)c21. The Bertz CT molecular complexity index is 892. The van der Waals surface area contributed by atoms with E-state index in [2.05, 4.69) is 15.5 Å². The summed E-state index contributed by atoms with van der Waals surface area (Å²) in [5, 5.41) is 17.0. The minimum atomic E-state index is -0.566. The monoisotopic (exact) mass is 370 g/mol. The van der Waals surface area contributed by atoms with Crippen molar-refractivity contribution in [2.75, 3.05) is 18.4 Å². The van der Waals surface area contributed by atoms with Crippen molar-refractivity contribution in [3.05, 3.63) is 69.5 Å². The maximum absolute atomic E-state index is 13.9. The van der Waals surface area contributed by atoms with Crippen molar-refractivity contribution >= 4 is 17.3 Å². The molecule has 0 unspecified atom stereocenters. The van der Waals surface area contributed by atoms with Crippen LogP contribution >= 0.6 is 0 Å². The summed E-state index contributed by atoms with van der Waals surface area (Å²) in [5.41, 5.74) is 1.11. The number of nitro groups is 1. The van der Waals surface area contributed by atoms with Crippen LogP contribution in [0.25, 0.3) is 0 Å². The van der Waals surface area contributed by atoms with E-state index in [1.165, 1.54) is 18.2 Å². The quantitative estimate of drug-likeness (QED) is 0.641. The number of non-ortho nitro benzene ring substituents is 1. The lowest BCUT2D eigenvalue weighted by Gasteiger charge is -2.46. The van der Waals surface area contributed by atoms with Gasteiger partial charge in [0.2, 0.25) is 0 Å². The molecule has 0 atom stereocenters. The first-order valence-electron chi connectivity index (χ1n) is 8.81. The minimum Gasteiger partial charge on any atom is -0.362 e. The van der Waals surface area contributed by atoms with Gasteiger partial charge >= 0.3 is 0 Å². The molecule has 1 amide bonds. The zero-order valence-corrected chi connectivity index (χ0v) is 14.6. The van der Waals surface area contributed by atoms with Gasteiger partial charge in [-0.15, -0.1) is 0 Å². The van der Waals surface area contributed by atoms with Crippen LogP contribution in [0.5, 0.6) is 0 Å². The average molecular weight is 370 g/mol.